The number of nitrogens with zero attached hydrogens (tertiary/aromatic N) is 3. The SMILES string of the molecule is Cc1cnc(N)c2cnc(N[C@H]3CC[C@H](Br)CC3)nc12. The monoisotopic (exact) mass is 335 g/mol. The number of aryl methyl sites for hydroxylation is 1. The summed E-state index contributed by atoms with van der Waals surface area (Å²) in [4.78, 5) is 13.8. The molecule has 0 radical (unpaired) electrons. The van der Waals surface area contributed by atoms with Crippen LogP contribution in [0.5, 0.6) is 0 Å². The molecule has 20 heavy (non-hydrogen) atoms. The van der Waals surface area contributed by atoms with Crippen molar-refractivity contribution in [2.45, 2.75) is 43.5 Å². The van der Waals surface area contributed by atoms with Gasteiger partial charge in [-0.05, 0) is 38.2 Å². The Morgan fingerprint density at radius 3 is 2.70 bits per heavy atom. The number of nitrogens with one attached hydrogen (secondary N) is 1. The largest absolute Gasteiger partial charge is 0.383 e. The molecular formula is C14H18BrN5. The average Bonchev–Trinajstić information content (AvgIpc) is 2.46. The lowest BCUT2D eigenvalue weighted by molar-refractivity contribution is 0.475. The zero-order valence-electron chi connectivity index (χ0n) is 11.4. The highest BCUT2D eigenvalue weighted by atomic mass is 79.9. The van der Waals surface area contributed by atoms with Crippen LogP contribution < -0.4 is 11.1 Å². The van der Waals surface area contributed by atoms with Gasteiger partial charge >= 0.3 is 0 Å². The van der Waals surface area contributed by atoms with Crippen molar-refractivity contribution in [3.05, 3.63) is 18.0 Å². The molecule has 2 aromatic rings. The summed E-state index contributed by atoms with van der Waals surface area (Å²) in [7, 11) is 0. The molecule has 0 unspecified atom stereocenters. The third-order valence-electron chi connectivity index (χ3n) is 3.83. The molecule has 3 rings (SSSR count). The highest BCUT2D eigenvalue weighted by Crippen LogP contribution is 2.26. The van der Waals surface area contributed by atoms with Crippen LogP contribution in [-0.4, -0.2) is 25.8 Å². The predicted octanol–water partition coefficient (Wildman–Crippen LogP) is 3.03. The minimum atomic E-state index is 0.459. The fraction of sp³-hybridized carbons (Fsp3) is 0.500. The Balaban J connectivity index is 1.84. The number of pyridine rings is 1. The summed E-state index contributed by atoms with van der Waals surface area (Å²) in [6.45, 7) is 1.99. The molecule has 1 aliphatic rings. The van der Waals surface area contributed by atoms with Gasteiger partial charge in [-0.25, -0.2) is 15.0 Å². The van der Waals surface area contributed by atoms with Crippen LogP contribution >= 0.6 is 15.9 Å². The first-order chi connectivity index (χ1) is 9.63. The van der Waals surface area contributed by atoms with E-state index in [1.54, 1.807) is 12.4 Å². The number of fused-ring (bicyclic) bond motifs is 1. The lowest BCUT2D eigenvalue weighted by Crippen LogP contribution is -2.27. The fourth-order valence-corrected chi connectivity index (χ4v) is 3.14. The van der Waals surface area contributed by atoms with E-state index in [2.05, 4.69) is 36.2 Å². The Bertz CT molecular complexity index is 622. The van der Waals surface area contributed by atoms with Gasteiger partial charge in [0.25, 0.3) is 0 Å². The van der Waals surface area contributed by atoms with Crippen LogP contribution in [0.15, 0.2) is 12.4 Å². The molecule has 2 aromatic heterocycles. The molecule has 2 heterocycles. The number of aromatic nitrogens is 3. The van der Waals surface area contributed by atoms with E-state index < -0.39 is 0 Å². The van der Waals surface area contributed by atoms with E-state index in [1.807, 2.05) is 6.92 Å². The molecule has 3 N–H and O–H groups in total. The summed E-state index contributed by atoms with van der Waals surface area (Å²) < 4.78 is 0. The molecule has 1 fully saturated rings. The number of nitrogens with two attached hydrogens (primary N) is 1. The summed E-state index contributed by atoms with van der Waals surface area (Å²) in [6, 6.07) is 0.459. The Morgan fingerprint density at radius 2 is 1.95 bits per heavy atom. The Morgan fingerprint density at radius 1 is 1.20 bits per heavy atom. The maximum atomic E-state index is 5.86. The molecule has 0 spiro atoms. The molecule has 0 bridgehead atoms. The quantitative estimate of drug-likeness (QED) is 0.825. The van der Waals surface area contributed by atoms with E-state index in [9.17, 15) is 0 Å². The maximum Gasteiger partial charge on any atom is 0.223 e. The van der Waals surface area contributed by atoms with Gasteiger partial charge in [0, 0.05) is 23.3 Å². The van der Waals surface area contributed by atoms with E-state index in [4.69, 9.17) is 5.73 Å². The highest BCUT2D eigenvalue weighted by Gasteiger charge is 2.19. The van der Waals surface area contributed by atoms with Crippen molar-refractivity contribution in [1.82, 2.24) is 15.0 Å². The molecule has 1 aliphatic carbocycles. The summed E-state index contributed by atoms with van der Waals surface area (Å²) in [5.74, 6) is 1.17. The van der Waals surface area contributed by atoms with Crippen LogP contribution in [0.1, 0.15) is 31.2 Å². The minimum absolute atomic E-state index is 0.459. The molecule has 0 saturated heterocycles. The van der Waals surface area contributed by atoms with Gasteiger partial charge in [0.2, 0.25) is 5.95 Å². The van der Waals surface area contributed by atoms with Crippen LogP contribution in [0, 0.1) is 6.92 Å². The second kappa shape index (κ2) is 5.52. The fourth-order valence-electron chi connectivity index (χ4n) is 2.62. The van der Waals surface area contributed by atoms with Crippen molar-refractivity contribution in [1.29, 1.82) is 0 Å². The second-order valence-corrected chi connectivity index (χ2v) is 6.67. The van der Waals surface area contributed by atoms with Gasteiger partial charge in [0.15, 0.2) is 0 Å². The van der Waals surface area contributed by atoms with Gasteiger partial charge in [0.05, 0.1) is 10.9 Å². The summed E-state index contributed by atoms with van der Waals surface area (Å²) >= 11 is 3.67. The lowest BCUT2D eigenvalue weighted by atomic mass is 9.95. The van der Waals surface area contributed by atoms with Crippen molar-refractivity contribution in [3.63, 3.8) is 0 Å². The van der Waals surface area contributed by atoms with E-state index >= 15 is 0 Å². The Kier molecular flexibility index (Phi) is 3.74. The Hall–Kier alpha value is -1.43. The molecule has 0 atom stereocenters. The van der Waals surface area contributed by atoms with Gasteiger partial charge < -0.3 is 11.1 Å². The first kappa shape index (κ1) is 13.5. The van der Waals surface area contributed by atoms with E-state index in [0.717, 1.165) is 29.3 Å². The van der Waals surface area contributed by atoms with Crippen LogP contribution in [0.4, 0.5) is 11.8 Å². The average molecular weight is 336 g/mol. The van der Waals surface area contributed by atoms with Gasteiger partial charge in [-0.15, -0.1) is 0 Å². The molecule has 1 saturated carbocycles. The number of rotatable bonds is 2. The predicted molar refractivity (Wildman–Crippen MR) is 85.1 cm³/mol. The van der Waals surface area contributed by atoms with E-state index in [0.29, 0.717) is 22.6 Å². The summed E-state index contributed by atoms with van der Waals surface area (Å²) in [5, 5.41) is 4.26. The van der Waals surface area contributed by atoms with Gasteiger partial charge in [-0.3, -0.25) is 0 Å². The molecule has 0 amide bonds. The molecule has 106 valence electrons. The third kappa shape index (κ3) is 2.70. The molecule has 0 aliphatic heterocycles. The zero-order chi connectivity index (χ0) is 14.1. The van der Waals surface area contributed by atoms with Crippen molar-refractivity contribution in [3.8, 4) is 0 Å². The van der Waals surface area contributed by atoms with Crippen molar-refractivity contribution >= 4 is 38.6 Å². The molecule has 5 nitrogen and oxygen atoms in total. The first-order valence-electron chi connectivity index (χ1n) is 6.92. The van der Waals surface area contributed by atoms with Crippen LogP contribution in [0.2, 0.25) is 0 Å². The summed E-state index contributed by atoms with van der Waals surface area (Å²) in [6.07, 6.45) is 8.20. The summed E-state index contributed by atoms with van der Waals surface area (Å²) in [5.41, 5.74) is 7.75. The number of anilines is 2. The normalized spacial score (nSPS) is 22.9. The van der Waals surface area contributed by atoms with Gasteiger partial charge in [-0.2, -0.15) is 0 Å². The molecular weight excluding hydrogens is 318 g/mol. The Labute approximate surface area is 126 Å². The van der Waals surface area contributed by atoms with Crippen molar-refractivity contribution in [2.75, 3.05) is 11.1 Å². The van der Waals surface area contributed by atoms with Crippen molar-refractivity contribution < 1.29 is 0 Å². The standard InChI is InChI=1S/C14H18BrN5/c1-8-6-17-13(16)11-7-18-14(20-12(8)11)19-10-4-2-9(15)3-5-10/h6-7,9-10H,2-5H2,1H3,(H2,16,17)(H,18,19,20)/t9-,10-. The molecule has 0 aromatic carbocycles. The number of nitrogen functional groups attached to an aromatic ring is 1. The van der Waals surface area contributed by atoms with Crippen molar-refractivity contribution in [2.24, 2.45) is 0 Å². The van der Waals surface area contributed by atoms with Crippen LogP contribution in [-0.2, 0) is 0 Å². The zero-order valence-corrected chi connectivity index (χ0v) is 13.0. The second-order valence-electron chi connectivity index (χ2n) is 5.38. The third-order valence-corrected chi connectivity index (χ3v) is 4.74. The number of alkyl halides is 1. The van der Waals surface area contributed by atoms with Crippen LogP contribution in [0.3, 0.4) is 0 Å². The van der Waals surface area contributed by atoms with Gasteiger partial charge in [-0.1, -0.05) is 15.9 Å². The highest BCUT2D eigenvalue weighted by molar-refractivity contribution is 9.09. The first-order valence-corrected chi connectivity index (χ1v) is 7.83. The topological polar surface area (TPSA) is 76.7 Å². The van der Waals surface area contributed by atoms with Gasteiger partial charge in [0.1, 0.15) is 5.82 Å². The van der Waals surface area contributed by atoms with Crippen LogP contribution in [0.25, 0.3) is 10.9 Å². The molecule has 6 heteroatoms. The number of hydrogen-bond donors (Lipinski definition) is 2. The smallest absolute Gasteiger partial charge is 0.223 e. The number of halogens is 1. The number of hydrogen-bond acceptors (Lipinski definition) is 5. The minimum Gasteiger partial charge on any atom is -0.383 e. The maximum absolute atomic E-state index is 5.86. The lowest BCUT2D eigenvalue weighted by Gasteiger charge is -2.26. The van der Waals surface area contributed by atoms with E-state index in [-0.39, 0.29) is 0 Å². The van der Waals surface area contributed by atoms with E-state index in [1.165, 1.54) is 12.8 Å².